The molecule has 0 spiro atoms. The highest BCUT2D eigenvalue weighted by molar-refractivity contribution is 7.13. The highest BCUT2D eigenvalue weighted by Gasteiger charge is 2.07. The summed E-state index contributed by atoms with van der Waals surface area (Å²) in [5, 5.41) is 8.98. The number of halogens is 1. The molecule has 0 unspecified atom stereocenters. The average molecular weight is 282 g/mol. The van der Waals surface area contributed by atoms with Crippen LogP contribution in [0, 0.1) is 0 Å². The number of amides is 1. The maximum Gasteiger partial charge on any atom is 0.230 e. The summed E-state index contributed by atoms with van der Waals surface area (Å²) >= 11 is 7.32. The van der Waals surface area contributed by atoms with Gasteiger partial charge in [0.1, 0.15) is 0 Å². The minimum Gasteiger partial charge on any atom is -0.365 e. The summed E-state index contributed by atoms with van der Waals surface area (Å²) in [7, 11) is 1.80. The molecule has 1 heterocycles. The second kappa shape index (κ2) is 5.84. The molecule has 2 rings (SSSR count). The number of thiazole rings is 1. The van der Waals surface area contributed by atoms with Gasteiger partial charge in [0, 0.05) is 23.1 Å². The van der Waals surface area contributed by atoms with Gasteiger partial charge in [-0.3, -0.25) is 4.79 Å². The van der Waals surface area contributed by atoms with Crippen LogP contribution in [0.2, 0.25) is 5.02 Å². The zero-order chi connectivity index (χ0) is 13.0. The van der Waals surface area contributed by atoms with Crippen molar-refractivity contribution in [3.63, 3.8) is 0 Å². The standard InChI is InChI=1S/C12H12ClN3OS/c1-14-12-16-10(7-18-12)6-11(17)15-9-4-2-3-8(13)5-9/h2-5,7H,6H2,1H3,(H,14,16)(H,15,17). The van der Waals surface area contributed by atoms with E-state index in [1.54, 1.807) is 31.3 Å². The van der Waals surface area contributed by atoms with E-state index in [4.69, 9.17) is 11.6 Å². The van der Waals surface area contributed by atoms with E-state index in [9.17, 15) is 4.79 Å². The molecular weight excluding hydrogens is 270 g/mol. The predicted molar refractivity (Wildman–Crippen MR) is 75.4 cm³/mol. The van der Waals surface area contributed by atoms with Crippen molar-refractivity contribution < 1.29 is 4.79 Å². The molecule has 6 heteroatoms. The molecule has 0 fully saturated rings. The second-order valence-electron chi connectivity index (χ2n) is 3.63. The summed E-state index contributed by atoms with van der Waals surface area (Å²) in [5.74, 6) is -0.106. The van der Waals surface area contributed by atoms with Crippen LogP contribution in [0.1, 0.15) is 5.69 Å². The highest BCUT2D eigenvalue weighted by atomic mass is 35.5. The van der Waals surface area contributed by atoms with E-state index in [1.165, 1.54) is 11.3 Å². The van der Waals surface area contributed by atoms with Crippen LogP contribution in [0.5, 0.6) is 0 Å². The number of nitrogens with one attached hydrogen (secondary N) is 2. The van der Waals surface area contributed by atoms with Gasteiger partial charge in [-0.1, -0.05) is 17.7 Å². The third-order valence-electron chi connectivity index (χ3n) is 2.22. The van der Waals surface area contributed by atoms with Crippen molar-refractivity contribution in [2.45, 2.75) is 6.42 Å². The monoisotopic (exact) mass is 281 g/mol. The van der Waals surface area contributed by atoms with Crippen molar-refractivity contribution in [3.8, 4) is 0 Å². The fraction of sp³-hybridized carbons (Fsp3) is 0.167. The van der Waals surface area contributed by atoms with Crippen LogP contribution in [0.3, 0.4) is 0 Å². The van der Waals surface area contributed by atoms with Gasteiger partial charge in [0.2, 0.25) is 5.91 Å². The van der Waals surface area contributed by atoms with Gasteiger partial charge in [-0.25, -0.2) is 4.98 Å². The molecule has 0 atom stereocenters. The Bertz CT molecular complexity index is 556. The van der Waals surface area contributed by atoms with Gasteiger partial charge in [0.15, 0.2) is 5.13 Å². The molecule has 0 bridgehead atoms. The summed E-state index contributed by atoms with van der Waals surface area (Å²) in [4.78, 5) is 16.0. The van der Waals surface area contributed by atoms with Crippen LogP contribution in [-0.4, -0.2) is 17.9 Å². The van der Waals surface area contributed by atoms with E-state index in [0.29, 0.717) is 10.7 Å². The summed E-state index contributed by atoms with van der Waals surface area (Å²) < 4.78 is 0. The molecule has 94 valence electrons. The van der Waals surface area contributed by atoms with Gasteiger partial charge in [0.05, 0.1) is 12.1 Å². The van der Waals surface area contributed by atoms with Gasteiger partial charge in [0.25, 0.3) is 0 Å². The number of hydrogen-bond donors (Lipinski definition) is 2. The zero-order valence-corrected chi connectivity index (χ0v) is 11.3. The Labute approximate surface area is 114 Å². The summed E-state index contributed by atoms with van der Waals surface area (Å²) in [6.07, 6.45) is 0.255. The fourth-order valence-corrected chi connectivity index (χ4v) is 2.30. The first-order chi connectivity index (χ1) is 8.67. The molecule has 2 N–H and O–H groups in total. The van der Waals surface area contributed by atoms with Gasteiger partial charge in [-0.2, -0.15) is 0 Å². The van der Waals surface area contributed by atoms with E-state index in [2.05, 4.69) is 15.6 Å². The Morgan fingerprint density at radius 1 is 1.50 bits per heavy atom. The summed E-state index contributed by atoms with van der Waals surface area (Å²) in [6.45, 7) is 0. The maximum atomic E-state index is 11.8. The van der Waals surface area contributed by atoms with E-state index < -0.39 is 0 Å². The van der Waals surface area contributed by atoms with Gasteiger partial charge >= 0.3 is 0 Å². The molecule has 1 aromatic carbocycles. The third-order valence-corrected chi connectivity index (χ3v) is 3.36. The Morgan fingerprint density at radius 3 is 3.00 bits per heavy atom. The number of carbonyl (C=O) groups excluding carboxylic acids is 1. The van der Waals surface area contributed by atoms with Crippen molar-refractivity contribution in [1.29, 1.82) is 0 Å². The van der Waals surface area contributed by atoms with Crippen LogP contribution in [0.15, 0.2) is 29.6 Å². The molecule has 1 aromatic heterocycles. The summed E-state index contributed by atoms with van der Waals surface area (Å²) in [6, 6.07) is 7.06. The first kappa shape index (κ1) is 12.9. The van der Waals surface area contributed by atoms with Crippen LogP contribution in [-0.2, 0) is 11.2 Å². The Morgan fingerprint density at radius 2 is 2.33 bits per heavy atom. The van der Waals surface area contributed by atoms with Gasteiger partial charge < -0.3 is 10.6 Å². The summed E-state index contributed by atoms with van der Waals surface area (Å²) in [5.41, 5.74) is 1.44. The van der Waals surface area contributed by atoms with Crippen LogP contribution in [0.25, 0.3) is 0 Å². The lowest BCUT2D eigenvalue weighted by Crippen LogP contribution is -2.14. The van der Waals surface area contributed by atoms with Crippen molar-refractivity contribution >= 4 is 39.7 Å². The van der Waals surface area contributed by atoms with Gasteiger partial charge in [-0.15, -0.1) is 11.3 Å². The lowest BCUT2D eigenvalue weighted by Gasteiger charge is -2.04. The van der Waals surface area contributed by atoms with Crippen molar-refractivity contribution in [2.24, 2.45) is 0 Å². The Kier molecular flexibility index (Phi) is 4.17. The predicted octanol–water partition coefficient (Wildman–Crippen LogP) is 3.02. The van der Waals surface area contributed by atoms with Crippen molar-refractivity contribution in [3.05, 3.63) is 40.4 Å². The minimum absolute atomic E-state index is 0.106. The SMILES string of the molecule is CNc1nc(CC(=O)Nc2cccc(Cl)c2)cs1. The largest absolute Gasteiger partial charge is 0.365 e. The quantitative estimate of drug-likeness (QED) is 0.906. The number of nitrogens with zero attached hydrogens (tertiary/aromatic N) is 1. The normalized spacial score (nSPS) is 10.1. The molecule has 4 nitrogen and oxygen atoms in total. The molecule has 0 saturated heterocycles. The first-order valence-electron chi connectivity index (χ1n) is 5.35. The van der Waals surface area contributed by atoms with Crippen LogP contribution >= 0.6 is 22.9 Å². The smallest absolute Gasteiger partial charge is 0.230 e. The molecule has 2 aromatic rings. The van der Waals surface area contributed by atoms with Crippen LogP contribution in [0.4, 0.5) is 10.8 Å². The van der Waals surface area contributed by atoms with E-state index in [0.717, 1.165) is 10.8 Å². The topological polar surface area (TPSA) is 54.0 Å². The third kappa shape index (κ3) is 3.45. The van der Waals surface area contributed by atoms with E-state index >= 15 is 0 Å². The molecule has 0 aliphatic rings. The number of carbonyl (C=O) groups is 1. The number of hydrogen-bond acceptors (Lipinski definition) is 4. The van der Waals surface area contributed by atoms with Crippen molar-refractivity contribution in [2.75, 3.05) is 17.7 Å². The maximum absolute atomic E-state index is 11.8. The second-order valence-corrected chi connectivity index (χ2v) is 4.92. The highest BCUT2D eigenvalue weighted by Crippen LogP contribution is 2.17. The molecule has 0 aliphatic heterocycles. The molecule has 1 amide bonds. The number of benzene rings is 1. The molecule has 18 heavy (non-hydrogen) atoms. The molecule has 0 saturated carbocycles. The van der Waals surface area contributed by atoms with Crippen molar-refractivity contribution in [1.82, 2.24) is 4.98 Å². The average Bonchev–Trinajstić information content (AvgIpc) is 2.76. The number of aromatic nitrogens is 1. The number of rotatable bonds is 4. The zero-order valence-electron chi connectivity index (χ0n) is 9.74. The molecular formula is C12H12ClN3OS. The Hall–Kier alpha value is -1.59. The molecule has 0 radical (unpaired) electrons. The minimum atomic E-state index is -0.106. The first-order valence-corrected chi connectivity index (χ1v) is 6.60. The molecule has 0 aliphatic carbocycles. The Balaban J connectivity index is 1.96. The van der Waals surface area contributed by atoms with E-state index in [-0.39, 0.29) is 12.3 Å². The van der Waals surface area contributed by atoms with E-state index in [1.807, 2.05) is 5.38 Å². The lowest BCUT2D eigenvalue weighted by atomic mass is 10.3. The van der Waals surface area contributed by atoms with Crippen LogP contribution < -0.4 is 10.6 Å². The van der Waals surface area contributed by atoms with Gasteiger partial charge in [-0.05, 0) is 18.2 Å². The lowest BCUT2D eigenvalue weighted by molar-refractivity contribution is -0.115. The number of anilines is 2. The fourth-order valence-electron chi connectivity index (χ4n) is 1.44.